The van der Waals surface area contributed by atoms with Crippen molar-refractivity contribution in [1.29, 1.82) is 0 Å². The molecule has 0 aromatic carbocycles. The highest BCUT2D eigenvalue weighted by molar-refractivity contribution is 14.1. The van der Waals surface area contributed by atoms with Crippen LogP contribution in [0.4, 0.5) is 0 Å². The molecule has 78 valence electrons. The maximum atomic E-state index is 9.81. The molecule has 0 unspecified atom stereocenters. The minimum atomic E-state index is -0.448. The van der Waals surface area contributed by atoms with Gasteiger partial charge in [0, 0.05) is 6.20 Å². The van der Waals surface area contributed by atoms with Gasteiger partial charge in [0.1, 0.15) is 0 Å². The summed E-state index contributed by atoms with van der Waals surface area (Å²) in [4.78, 5) is 0. The molecule has 2 rings (SSSR count). The molecule has 0 amide bonds. The molecule has 1 aromatic heterocycles. The van der Waals surface area contributed by atoms with Crippen LogP contribution in [0.5, 0.6) is 0 Å². The van der Waals surface area contributed by atoms with E-state index in [0.717, 1.165) is 25.7 Å². The van der Waals surface area contributed by atoms with Gasteiger partial charge < -0.3 is 5.11 Å². The first-order valence-electron chi connectivity index (χ1n) is 4.99. The molecule has 1 heterocycles. The van der Waals surface area contributed by atoms with Crippen molar-refractivity contribution in [3.05, 3.63) is 16.0 Å². The first-order chi connectivity index (χ1) is 6.57. The molecule has 0 radical (unpaired) electrons. The molecule has 1 aliphatic carbocycles. The van der Waals surface area contributed by atoms with E-state index in [1.165, 1.54) is 3.57 Å². The van der Waals surface area contributed by atoms with Crippen LogP contribution >= 0.6 is 22.6 Å². The number of hydrogen-bond acceptors (Lipinski definition) is 2. The summed E-state index contributed by atoms with van der Waals surface area (Å²) in [7, 11) is 0. The Hall–Kier alpha value is -0.100. The molecular formula is C10H15IN2O. The van der Waals surface area contributed by atoms with E-state index in [9.17, 15) is 5.11 Å². The quantitative estimate of drug-likeness (QED) is 0.809. The van der Waals surface area contributed by atoms with Crippen molar-refractivity contribution in [3.63, 3.8) is 0 Å². The average molecular weight is 306 g/mol. The fraction of sp³-hybridized carbons (Fsp3) is 0.700. The van der Waals surface area contributed by atoms with Crippen molar-refractivity contribution in [2.24, 2.45) is 0 Å². The van der Waals surface area contributed by atoms with Crippen molar-refractivity contribution in [2.45, 2.75) is 44.2 Å². The van der Waals surface area contributed by atoms with Gasteiger partial charge in [0.2, 0.25) is 0 Å². The van der Waals surface area contributed by atoms with Gasteiger partial charge in [-0.1, -0.05) is 0 Å². The normalized spacial score (nSPS) is 33.2. The third kappa shape index (κ3) is 2.28. The molecule has 1 N–H and O–H groups in total. The minimum absolute atomic E-state index is 0.448. The minimum Gasteiger partial charge on any atom is -0.390 e. The molecule has 3 nitrogen and oxygen atoms in total. The van der Waals surface area contributed by atoms with Crippen LogP contribution in [0, 0.1) is 3.57 Å². The Morgan fingerprint density at radius 3 is 2.71 bits per heavy atom. The molecule has 4 heteroatoms. The molecule has 1 fully saturated rings. The molecule has 1 aliphatic rings. The molecule has 14 heavy (non-hydrogen) atoms. The molecule has 0 bridgehead atoms. The van der Waals surface area contributed by atoms with Gasteiger partial charge in [-0.15, -0.1) is 0 Å². The van der Waals surface area contributed by atoms with Gasteiger partial charge in [-0.2, -0.15) is 5.10 Å². The Labute approximate surface area is 97.6 Å². The summed E-state index contributed by atoms with van der Waals surface area (Å²) in [5.74, 6) is 0. The second kappa shape index (κ2) is 3.81. The van der Waals surface area contributed by atoms with Gasteiger partial charge in [-0.3, -0.25) is 4.68 Å². The lowest BCUT2D eigenvalue weighted by molar-refractivity contribution is 0.00850. The van der Waals surface area contributed by atoms with Crippen LogP contribution in [0.1, 0.15) is 38.6 Å². The average Bonchev–Trinajstić information content (AvgIpc) is 2.52. The van der Waals surface area contributed by atoms with Crippen molar-refractivity contribution in [1.82, 2.24) is 9.78 Å². The summed E-state index contributed by atoms with van der Waals surface area (Å²) < 4.78 is 3.22. The first kappa shape index (κ1) is 10.4. The maximum Gasteiger partial charge on any atom is 0.0623 e. The Morgan fingerprint density at radius 2 is 2.21 bits per heavy atom. The van der Waals surface area contributed by atoms with Crippen LogP contribution in [0.25, 0.3) is 0 Å². The standard InChI is InChI=1S/C10H15IN2O/c1-10(14)4-2-9(3-5-10)13-7-8(11)6-12-13/h6-7,9,14H,2-5H2,1H3. The molecule has 1 aromatic rings. The second-order valence-corrected chi connectivity index (χ2v) is 5.61. The van der Waals surface area contributed by atoms with Crippen LogP contribution in [0.2, 0.25) is 0 Å². The summed E-state index contributed by atoms with van der Waals surface area (Å²) in [6.45, 7) is 1.93. The summed E-state index contributed by atoms with van der Waals surface area (Å²) in [6, 6.07) is 0.485. The lowest BCUT2D eigenvalue weighted by Crippen LogP contribution is -2.31. The van der Waals surface area contributed by atoms with Crippen molar-refractivity contribution < 1.29 is 5.11 Å². The van der Waals surface area contributed by atoms with Crippen LogP contribution in [-0.4, -0.2) is 20.5 Å². The predicted molar refractivity (Wildman–Crippen MR) is 63.1 cm³/mol. The monoisotopic (exact) mass is 306 g/mol. The maximum absolute atomic E-state index is 9.81. The Bertz CT molecular complexity index is 312. The largest absolute Gasteiger partial charge is 0.390 e. The van der Waals surface area contributed by atoms with E-state index in [2.05, 4.69) is 33.9 Å². The summed E-state index contributed by atoms with van der Waals surface area (Å²) in [5, 5.41) is 14.1. The topological polar surface area (TPSA) is 38.0 Å². The van der Waals surface area contributed by atoms with E-state index >= 15 is 0 Å². The molecule has 1 saturated carbocycles. The van der Waals surface area contributed by atoms with Gasteiger partial charge in [-0.05, 0) is 55.2 Å². The summed E-state index contributed by atoms with van der Waals surface area (Å²) >= 11 is 2.27. The van der Waals surface area contributed by atoms with Gasteiger partial charge >= 0.3 is 0 Å². The van der Waals surface area contributed by atoms with E-state index < -0.39 is 5.60 Å². The van der Waals surface area contributed by atoms with Crippen molar-refractivity contribution in [2.75, 3.05) is 0 Å². The van der Waals surface area contributed by atoms with Crippen LogP contribution < -0.4 is 0 Å². The van der Waals surface area contributed by atoms with Gasteiger partial charge in [0.25, 0.3) is 0 Å². The zero-order chi connectivity index (χ0) is 10.2. The Morgan fingerprint density at radius 1 is 1.57 bits per heavy atom. The third-order valence-electron chi connectivity index (χ3n) is 2.98. The summed E-state index contributed by atoms with van der Waals surface area (Å²) in [5.41, 5.74) is -0.448. The fourth-order valence-electron chi connectivity index (χ4n) is 2.00. The number of nitrogens with zero attached hydrogens (tertiary/aromatic N) is 2. The van der Waals surface area contributed by atoms with Crippen LogP contribution in [0.15, 0.2) is 12.4 Å². The van der Waals surface area contributed by atoms with E-state index in [0.29, 0.717) is 6.04 Å². The highest BCUT2D eigenvalue weighted by Gasteiger charge is 2.29. The Balaban J connectivity index is 2.02. The van der Waals surface area contributed by atoms with Gasteiger partial charge in [0.05, 0.1) is 21.4 Å². The second-order valence-electron chi connectivity index (χ2n) is 4.37. The highest BCUT2D eigenvalue weighted by Crippen LogP contribution is 2.34. The van der Waals surface area contributed by atoms with Crippen LogP contribution in [0.3, 0.4) is 0 Å². The third-order valence-corrected chi connectivity index (χ3v) is 3.53. The first-order valence-corrected chi connectivity index (χ1v) is 6.07. The van der Waals surface area contributed by atoms with Gasteiger partial charge in [-0.25, -0.2) is 0 Å². The predicted octanol–water partition coefficient (Wildman–Crippen LogP) is 2.35. The zero-order valence-corrected chi connectivity index (χ0v) is 10.4. The number of aliphatic hydroxyl groups is 1. The van der Waals surface area contributed by atoms with Crippen molar-refractivity contribution >= 4 is 22.6 Å². The van der Waals surface area contributed by atoms with E-state index in [-0.39, 0.29) is 0 Å². The molecule has 0 saturated heterocycles. The number of hydrogen-bond donors (Lipinski definition) is 1. The smallest absolute Gasteiger partial charge is 0.0623 e. The number of rotatable bonds is 1. The molecule has 0 atom stereocenters. The zero-order valence-electron chi connectivity index (χ0n) is 8.28. The molecule has 0 spiro atoms. The lowest BCUT2D eigenvalue weighted by Gasteiger charge is -2.33. The Kier molecular flexibility index (Phi) is 2.83. The van der Waals surface area contributed by atoms with Crippen molar-refractivity contribution in [3.8, 4) is 0 Å². The lowest BCUT2D eigenvalue weighted by atomic mass is 9.84. The van der Waals surface area contributed by atoms with E-state index in [4.69, 9.17) is 0 Å². The molecule has 0 aliphatic heterocycles. The van der Waals surface area contributed by atoms with Gasteiger partial charge in [0.15, 0.2) is 0 Å². The van der Waals surface area contributed by atoms with Crippen LogP contribution in [-0.2, 0) is 0 Å². The number of aromatic nitrogens is 2. The van der Waals surface area contributed by atoms with E-state index in [1.54, 1.807) is 0 Å². The fourth-order valence-corrected chi connectivity index (χ4v) is 2.41. The number of halogens is 1. The molecular weight excluding hydrogens is 291 g/mol. The van der Waals surface area contributed by atoms with E-state index in [1.807, 2.05) is 17.8 Å². The summed E-state index contributed by atoms with van der Waals surface area (Å²) in [6.07, 6.45) is 7.79. The highest BCUT2D eigenvalue weighted by atomic mass is 127. The SMILES string of the molecule is CC1(O)CCC(n2cc(I)cn2)CC1.